The zero-order valence-corrected chi connectivity index (χ0v) is 20.4. The van der Waals surface area contributed by atoms with E-state index in [9.17, 15) is 8.42 Å². The third-order valence-corrected chi connectivity index (χ3v) is 6.52. The van der Waals surface area contributed by atoms with Crippen LogP contribution in [0.15, 0.2) is 52.4 Å². The van der Waals surface area contributed by atoms with Crippen LogP contribution < -0.4 is 10.6 Å². The van der Waals surface area contributed by atoms with Gasteiger partial charge in [-0.15, -0.1) is 0 Å². The number of likely N-dealkylation sites (N-methyl/N-ethyl adjacent to an activating group) is 1. The molecule has 0 aliphatic heterocycles. The minimum atomic E-state index is -3.21. The normalized spacial score (nSPS) is 13.3. The zero-order chi connectivity index (χ0) is 23.0. The van der Waals surface area contributed by atoms with Gasteiger partial charge in [-0.1, -0.05) is 43.3 Å². The number of rotatable bonds is 9. The number of guanidine groups is 1. The summed E-state index contributed by atoms with van der Waals surface area (Å²) in [7, 11) is 0.947. The number of benzene rings is 2. The van der Waals surface area contributed by atoms with E-state index < -0.39 is 9.84 Å². The molecular weight excluding hydrogens is 408 g/mol. The van der Waals surface area contributed by atoms with Crippen LogP contribution in [0.2, 0.25) is 0 Å². The maximum atomic E-state index is 11.8. The second-order valence-corrected chi connectivity index (χ2v) is 10.0. The Morgan fingerprint density at radius 3 is 2.19 bits per heavy atom. The molecule has 0 radical (unpaired) electrons. The Bertz CT molecular complexity index is 983. The van der Waals surface area contributed by atoms with E-state index in [1.54, 1.807) is 6.07 Å². The highest BCUT2D eigenvalue weighted by molar-refractivity contribution is 7.90. The number of hydrogen-bond acceptors (Lipinski definition) is 4. The predicted molar refractivity (Wildman–Crippen MR) is 129 cm³/mol. The first kappa shape index (κ1) is 24.9. The van der Waals surface area contributed by atoms with Gasteiger partial charge < -0.3 is 15.5 Å². The third-order valence-electron chi connectivity index (χ3n) is 5.26. The highest BCUT2D eigenvalue weighted by Gasteiger charge is 2.15. The molecule has 0 aromatic heterocycles. The summed E-state index contributed by atoms with van der Waals surface area (Å²) in [6.07, 6.45) is 2.27. The van der Waals surface area contributed by atoms with Crippen LogP contribution >= 0.6 is 0 Å². The van der Waals surface area contributed by atoms with Gasteiger partial charge in [0.1, 0.15) is 0 Å². The summed E-state index contributed by atoms with van der Waals surface area (Å²) in [5.41, 5.74) is 4.32. The summed E-state index contributed by atoms with van der Waals surface area (Å²) < 4.78 is 23.6. The number of sulfone groups is 1. The first-order chi connectivity index (χ1) is 14.7. The molecule has 1 unspecified atom stereocenters. The highest BCUT2D eigenvalue weighted by Crippen LogP contribution is 2.19. The van der Waals surface area contributed by atoms with Crippen molar-refractivity contribution in [1.29, 1.82) is 0 Å². The quantitative estimate of drug-likeness (QED) is 0.458. The van der Waals surface area contributed by atoms with E-state index in [0.717, 1.165) is 36.6 Å². The van der Waals surface area contributed by atoms with Gasteiger partial charge >= 0.3 is 0 Å². The average molecular weight is 445 g/mol. The van der Waals surface area contributed by atoms with Crippen LogP contribution in [0.4, 0.5) is 0 Å². The molecule has 2 aromatic rings. The van der Waals surface area contributed by atoms with Crippen LogP contribution in [0, 0.1) is 6.92 Å². The number of hydrogen-bond donors (Lipinski definition) is 2. The fraction of sp³-hybridized carbons (Fsp3) is 0.458. The molecule has 2 N–H and O–H groups in total. The molecule has 0 saturated heterocycles. The van der Waals surface area contributed by atoms with E-state index in [1.165, 1.54) is 17.4 Å². The Hall–Kier alpha value is -2.38. The second kappa shape index (κ2) is 11.3. The lowest BCUT2D eigenvalue weighted by molar-refractivity contribution is 0.298. The van der Waals surface area contributed by atoms with E-state index in [0.29, 0.717) is 11.4 Å². The van der Waals surface area contributed by atoms with Crippen molar-refractivity contribution in [3.8, 4) is 0 Å². The topological polar surface area (TPSA) is 73.8 Å². The Labute approximate surface area is 187 Å². The Kier molecular flexibility index (Phi) is 9.07. The van der Waals surface area contributed by atoms with Gasteiger partial charge in [-0.05, 0) is 62.7 Å². The third kappa shape index (κ3) is 7.36. The van der Waals surface area contributed by atoms with Crippen molar-refractivity contribution in [2.24, 2.45) is 4.99 Å². The lowest BCUT2D eigenvalue weighted by Gasteiger charge is -2.26. The summed E-state index contributed by atoms with van der Waals surface area (Å²) in [4.78, 5) is 7.26. The molecule has 2 aromatic carbocycles. The smallest absolute Gasteiger partial charge is 0.191 e. The molecule has 0 aliphatic carbocycles. The SMILES string of the molecule is CCNC(=NCc1ccc(S(C)(=O)=O)c(C)c1)NCC(c1ccc(CC)cc1)N(C)C. The fourth-order valence-electron chi connectivity index (χ4n) is 3.51. The van der Waals surface area contributed by atoms with Gasteiger partial charge in [0.25, 0.3) is 0 Å². The summed E-state index contributed by atoms with van der Waals surface area (Å²) in [5.74, 6) is 0.740. The van der Waals surface area contributed by atoms with Gasteiger partial charge in [-0.25, -0.2) is 13.4 Å². The lowest BCUT2D eigenvalue weighted by Crippen LogP contribution is -2.41. The molecule has 6 nitrogen and oxygen atoms in total. The number of aryl methyl sites for hydroxylation is 2. The van der Waals surface area contributed by atoms with E-state index in [4.69, 9.17) is 4.99 Å². The van der Waals surface area contributed by atoms with Crippen molar-refractivity contribution < 1.29 is 8.42 Å². The Morgan fingerprint density at radius 1 is 1.03 bits per heavy atom. The summed E-state index contributed by atoms with van der Waals surface area (Å²) in [6.45, 7) is 7.97. The summed E-state index contributed by atoms with van der Waals surface area (Å²) >= 11 is 0. The van der Waals surface area contributed by atoms with Crippen molar-refractivity contribution in [3.05, 3.63) is 64.7 Å². The van der Waals surface area contributed by atoms with Gasteiger partial charge in [0.15, 0.2) is 15.8 Å². The number of aliphatic imine (C=N–C) groups is 1. The standard InChI is InChI=1S/C24H36N4O2S/c1-7-19-9-12-21(13-10-19)22(28(4)5)17-27-24(25-8-2)26-16-20-11-14-23(18(3)15-20)31(6,29)30/h9-15,22H,7-8,16-17H2,1-6H3,(H2,25,26,27). The lowest BCUT2D eigenvalue weighted by atomic mass is 10.0. The van der Waals surface area contributed by atoms with Crippen molar-refractivity contribution >= 4 is 15.8 Å². The van der Waals surface area contributed by atoms with Gasteiger partial charge in [0.05, 0.1) is 17.5 Å². The monoisotopic (exact) mass is 444 g/mol. The Morgan fingerprint density at radius 2 is 1.68 bits per heavy atom. The van der Waals surface area contributed by atoms with Crippen molar-refractivity contribution in [2.75, 3.05) is 33.4 Å². The van der Waals surface area contributed by atoms with Gasteiger partial charge in [-0.3, -0.25) is 0 Å². The summed E-state index contributed by atoms with van der Waals surface area (Å²) in [6, 6.07) is 14.4. The molecule has 0 aliphatic rings. The van der Waals surface area contributed by atoms with Crippen LogP contribution in [0.25, 0.3) is 0 Å². The van der Waals surface area contributed by atoms with Crippen LogP contribution in [0.5, 0.6) is 0 Å². The zero-order valence-electron chi connectivity index (χ0n) is 19.6. The molecule has 0 amide bonds. The Balaban J connectivity index is 2.11. The van der Waals surface area contributed by atoms with E-state index >= 15 is 0 Å². The number of nitrogens with one attached hydrogen (secondary N) is 2. The fourth-order valence-corrected chi connectivity index (χ4v) is 4.46. The molecule has 0 heterocycles. The molecule has 1 atom stereocenters. The van der Waals surface area contributed by atoms with Gasteiger partial charge in [0.2, 0.25) is 0 Å². The van der Waals surface area contributed by atoms with Crippen molar-refractivity contribution in [2.45, 2.75) is 44.7 Å². The van der Waals surface area contributed by atoms with Crippen LogP contribution in [0.1, 0.15) is 42.1 Å². The predicted octanol–water partition coefficient (Wildman–Crippen LogP) is 3.32. The van der Waals surface area contributed by atoms with E-state index in [1.807, 2.05) is 26.0 Å². The molecule has 0 spiro atoms. The van der Waals surface area contributed by atoms with Crippen LogP contribution in [-0.4, -0.2) is 52.7 Å². The van der Waals surface area contributed by atoms with Crippen molar-refractivity contribution in [1.82, 2.24) is 15.5 Å². The number of nitrogens with zero attached hydrogens (tertiary/aromatic N) is 2. The van der Waals surface area contributed by atoms with E-state index in [-0.39, 0.29) is 6.04 Å². The first-order valence-corrected chi connectivity index (χ1v) is 12.6. The molecule has 7 heteroatoms. The molecular formula is C24H36N4O2S. The molecule has 170 valence electrons. The molecule has 2 rings (SSSR count). The van der Waals surface area contributed by atoms with Gasteiger partial charge in [0, 0.05) is 19.3 Å². The maximum Gasteiger partial charge on any atom is 0.191 e. The molecule has 0 saturated carbocycles. The first-order valence-electron chi connectivity index (χ1n) is 10.7. The van der Waals surface area contributed by atoms with Crippen molar-refractivity contribution in [3.63, 3.8) is 0 Å². The minimum absolute atomic E-state index is 0.214. The maximum absolute atomic E-state index is 11.8. The highest BCUT2D eigenvalue weighted by atomic mass is 32.2. The van der Waals surface area contributed by atoms with Gasteiger partial charge in [-0.2, -0.15) is 0 Å². The second-order valence-electron chi connectivity index (χ2n) is 8.02. The van der Waals surface area contributed by atoms with E-state index in [2.05, 4.69) is 60.8 Å². The molecule has 0 fully saturated rings. The minimum Gasteiger partial charge on any atom is -0.357 e. The van der Waals surface area contributed by atoms with Crippen LogP contribution in [0.3, 0.4) is 0 Å². The largest absolute Gasteiger partial charge is 0.357 e. The average Bonchev–Trinajstić information content (AvgIpc) is 2.71. The summed E-state index contributed by atoms with van der Waals surface area (Å²) in [5, 5.41) is 6.74. The molecule has 0 bridgehead atoms. The van der Waals surface area contributed by atoms with Crippen LogP contribution in [-0.2, 0) is 22.8 Å². The molecule has 31 heavy (non-hydrogen) atoms.